The van der Waals surface area contributed by atoms with Gasteiger partial charge in [0.25, 0.3) is 0 Å². The van der Waals surface area contributed by atoms with E-state index in [-0.39, 0.29) is 6.42 Å². The standard InChI is InChI=1S/C15H17N3O2/c1-17(7-4-6-15(19)20)10-12-11-18-8-3-2-5-14(18)13(12)9-16/h2-3,5,8,11H,4,6-7,10H2,1H3,(H,19,20). The lowest BCUT2D eigenvalue weighted by Gasteiger charge is -2.15. The van der Waals surface area contributed by atoms with Crippen molar-refractivity contribution in [3.63, 3.8) is 0 Å². The van der Waals surface area contributed by atoms with Gasteiger partial charge in [-0.05, 0) is 32.1 Å². The number of aromatic nitrogens is 1. The number of hydrogen-bond donors (Lipinski definition) is 1. The Balaban J connectivity index is 2.09. The predicted molar refractivity (Wildman–Crippen MR) is 75.3 cm³/mol. The molecule has 0 bridgehead atoms. The molecule has 0 aromatic carbocycles. The normalized spacial score (nSPS) is 10.8. The van der Waals surface area contributed by atoms with Crippen molar-refractivity contribution in [2.75, 3.05) is 13.6 Å². The Morgan fingerprint density at radius 2 is 2.30 bits per heavy atom. The van der Waals surface area contributed by atoms with E-state index < -0.39 is 5.97 Å². The van der Waals surface area contributed by atoms with Gasteiger partial charge in [-0.15, -0.1) is 0 Å². The maximum atomic E-state index is 10.5. The lowest BCUT2D eigenvalue weighted by molar-refractivity contribution is -0.137. The van der Waals surface area contributed by atoms with E-state index in [4.69, 9.17) is 5.11 Å². The second kappa shape index (κ2) is 6.22. The van der Waals surface area contributed by atoms with Crippen molar-refractivity contribution in [1.29, 1.82) is 5.26 Å². The van der Waals surface area contributed by atoms with Crippen LogP contribution in [0.25, 0.3) is 5.52 Å². The smallest absolute Gasteiger partial charge is 0.303 e. The van der Waals surface area contributed by atoms with Gasteiger partial charge >= 0.3 is 5.97 Å². The summed E-state index contributed by atoms with van der Waals surface area (Å²) in [4.78, 5) is 12.5. The zero-order valence-electron chi connectivity index (χ0n) is 11.4. The molecule has 0 radical (unpaired) electrons. The zero-order valence-corrected chi connectivity index (χ0v) is 11.4. The van der Waals surface area contributed by atoms with Gasteiger partial charge < -0.3 is 14.4 Å². The Morgan fingerprint density at radius 1 is 1.50 bits per heavy atom. The Kier molecular flexibility index (Phi) is 4.38. The highest BCUT2D eigenvalue weighted by Gasteiger charge is 2.11. The van der Waals surface area contributed by atoms with Crippen LogP contribution < -0.4 is 0 Å². The fraction of sp³-hybridized carbons (Fsp3) is 0.333. The highest BCUT2D eigenvalue weighted by Crippen LogP contribution is 2.19. The van der Waals surface area contributed by atoms with Crippen molar-refractivity contribution in [1.82, 2.24) is 9.30 Å². The molecule has 2 rings (SSSR count). The largest absolute Gasteiger partial charge is 0.481 e. The van der Waals surface area contributed by atoms with Gasteiger partial charge in [0.15, 0.2) is 0 Å². The van der Waals surface area contributed by atoms with Gasteiger partial charge in [0.2, 0.25) is 0 Å². The second-order valence-corrected chi connectivity index (χ2v) is 4.87. The van der Waals surface area contributed by atoms with E-state index in [0.29, 0.717) is 25.1 Å². The number of pyridine rings is 1. The first kappa shape index (κ1) is 14.1. The number of carbonyl (C=O) groups is 1. The molecule has 0 atom stereocenters. The number of carboxylic acid groups (broad SMARTS) is 1. The summed E-state index contributed by atoms with van der Waals surface area (Å²) in [6.45, 7) is 1.34. The molecule has 20 heavy (non-hydrogen) atoms. The first-order valence-electron chi connectivity index (χ1n) is 6.51. The molecule has 0 spiro atoms. The van der Waals surface area contributed by atoms with Gasteiger partial charge in [0.1, 0.15) is 6.07 Å². The van der Waals surface area contributed by atoms with Crippen LogP contribution in [0.4, 0.5) is 0 Å². The molecule has 5 nitrogen and oxygen atoms in total. The molecule has 5 heteroatoms. The molecule has 2 heterocycles. The highest BCUT2D eigenvalue weighted by atomic mass is 16.4. The Morgan fingerprint density at radius 3 is 3.00 bits per heavy atom. The maximum Gasteiger partial charge on any atom is 0.303 e. The van der Waals surface area contributed by atoms with Crippen LogP contribution in [0, 0.1) is 11.3 Å². The molecule has 0 fully saturated rings. The molecule has 0 aliphatic carbocycles. The Hall–Kier alpha value is -2.32. The molecule has 104 valence electrons. The minimum atomic E-state index is -0.772. The van der Waals surface area contributed by atoms with Gasteiger partial charge in [-0.2, -0.15) is 5.26 Å². The van der Waals surface area contributed by atoms with Crippen LogP contribution in [0.3, 0.4) is 0 Å². The summed E-state index contributed by atoms with van der Waals surface area (Å²) in [5.74, 6) is -0.772. The van der Waals surface area contributed by atoms with E-state index in [9.17, 15) is 10.1 Å². The molecular weight excluding hydrogens is 254 g/mol. The van der Waals surface area contributed by atoms with E-state index in [1.807, 2.05) is 46.9 Å². The molecule has 0 unspecified atom stereocenters. The van der Waals surface area contributed by atoms with Crippen LogP contribution in [-0.4, -0.2) is 34.0 Å². The lowest BCUT2D eigenvalue weighted by Crippen LogP contribution is -2.20. The zero-order chi connectivity index (χ0) is 14.5. The Bertz CT molecular complexity index is 655. The van der Waals surface area contributed by atoms with Crippen LogP contribution in [0.5, 0.6) is 0 Å². The summed E-state index contributed by atoms with van der Waals surface area (Å²) in [6.07, 6.45) is 4.67. The van der Waals surface area contributed by atoms with E-state index in [1.54, 1.807) is 0 Å². The van der Waals surface area contributed by atoms with Crippen molar-refractivity contribution in [2.24, 2.45) is 0 Å². The van der Waals surface area contributed by atoms with Gasteiger partial charge in [-0.1, -0.05) is 6.07 Å². The number of fused-ring (bicyclic) bond motifs is 1. The van der Waals surface area contributed by atoms with Crippen LogP contribution in [-0.2, 0) is 11.3 Å². The quantitative estimate of drug-likeness (QED) is 0.873. The number of carboxylic acids is 1. The summed E-state index contributed by atoms with van der Waals surface area (Å²) >= 11 is 0. The van der Waals surface area contributed by atoms with E-state index in [2.05, 4.69) is 6.07 Å². The first-order valence-corrected chi connectivity index (χ1v) is 6.51. The van der Waals surface area contributed by atoms with Crippen LogP contribution in [0.2, 0.25) is 0 Å². The predicted octanol–water partition coefficient (Wildman–Crippen LogP) is 2.11. The molecule has 0 amide bonds. The monoisotopic (exact) mass is 271 g/mol. The van der Waals surface area contributed by atoms with Crippen molar-refractivity contribution in [3.8, 4) is 6.07 Å². The highest BCUT2D eigenvalue weighted by molar-refractivity contribution is 5.66. The first-order chi connectivity index (χ1) is 9.61. The van der Waals surface area contributed by atoms with Crippen molar-refractivity contribution >= 4 is 11.5 Å². The summed E-state index contributed by atoms with van der Waals surface area (Å²) < 4.78 is 1.94. The molecule has 0 saturated heterocycles. The number of hydrogen-bond acceptors (Lipinski definition) is 3. The molecule has 0 saturated carbocycles. The molecular formula is C15H17N3O2. The average Bonchev–Trinajstić information content (AvgIpc) is 2.75. The number of rotatable bonds is 6. The second-order valence-electron chi connectivity index (χ2n) is 4.87. The summed E-state index contributed by atoms with van der Waals surface area (Å²) in [7, 11) is 1.94. The maximum absolute atomic E-state index is 10.5. The van der Waals surface area contributed by atoms with E-state index >= 15 is 0 Å². The number of aliphatic carboxylic acids is 1. The van der Waals surface area contributed by atoms with E-state index in [1.165, 1.54) is 0 Å². The molecule has 1 N–H and O–H groups in total. The molecule has 0 aliphatic rings. The van der Waals surface area contributed by atoms with Crippen molar-refractivity contribution < 1.29 is 9.90 Å². The summed E-state index contributed by atoms with van der Waals surface area (Å²) in [5.41, 5.74) is 2.57. The van der Waals surface area contributed by atoms with Gasteiger partial charge in [0, 0.05) is 30.9 Å². The van der Waals surface area contributed by atoms with Crippen LogP contribution >= 0.6 is 0 Å². The van der Waals surface area contributed by atoms with Gasteiger partial charge in [-0.25, -0.2) is 0 Å². The van der Waals surface area contributed by atoms with Crippen LogP contribution in [0.15, 0.2) is 30.6 Å². The SMILES string of the molecule is CN(CCCC(=O)O)Cc1cn2ccccc2c1C#N. The third-order valence-electron chi connectivity index (χ3n) is 3.24. The third kappa shape index (κ3) is 3.16. The number of nitrogens with zero attached hydrogens (tertiary/aromatic N) is 3. The van der Waals surface area contributed by atoms with Crippen molar-refractivity contribution in [3.05, 3.63) is 41.7 Å². The minimum absolute atomic E-state index is 0.174. The van der Waals surface area contributed by atoms with Crippen LogP contribution in [0.1, 0.15) is 24.0 Å². The van der Waals surface area contributed by atoms with Gasteiger partial charge in [-0.3, -0.25) is 4.79 Å². The third-order valence-corrected chi connectivity index (χ3v) is 3.24. The molecule has 2 aromatic heterocycles. The van der Waals surface area contributed by atoms with E-state index in [0.717, 1.165) is 11.1 Å². The summed E-state index contributed by atoms with van der Waals surface area (Å²) in [5, 5.41) is 17.9. The van der Waals surface area contributed by atoms with Gasteiger partial charge in [0.05, 0.1) is 11.1 Å². The average molecular weight is 271 g/mol. The minimum Gasteiger partial charge on any atom is -0.481 e. The van der Waals surface area contributed by atoms with Crippen molar-refractivity contribution in [2.45, 2.75) is 19.4 Å². The lowest BCUT2D eigenvalue weighted by atomic mass is 10.1. The fourth-order valence-electron chi connectivity index (χ4n) is 2.30. The molecule has 0 aliphatic heterocycles. The Labute approximate surface area is 117 Å². The number of nitriles is 1. The topological polar surface area (TPSA) is 68.7 Å². The summed E-state index contributed by atoms with van der Waals surface area (Å²) in [6, 6.07) is 8.02. The molecule has 2 aromatic rings. The fourth-order valence-corrected chi connectivity index (χ4v) is 2.30.